The van der Waals surface area contributed by atoms with E-state index in [1.54, 1.807) is 20.7 Å². The van der Waals surface area contributed by atoms with Crippen LogP contribution in [-0.2, 0) is 0 Å². The van der Waals surface area contributed by atoms with Crippen LogP contribution in [0.5, 0.6) is 0 Å². The van der Waals surface area contributed by atoms with Gasteiger partial charge in [-0.1, -0.05) is 62.7 Å². The summed E-state index contributed by atoms with van der Waals surface area (Å²) < 4.78 is 0.941. The Balaban J connectivity index is 2.18. The highest BCUT2D eigenvalue weighted by atomic mass is 35.5. The molecule has 76 valence electrons. The maximum absolute atomic E-state index is 5.80. The summed E-state index contributed by atoms with van der Waals surface area (Å²) in [5.41, 5.74) is 1.14. The molecule has 0 amide bonds. The van der Waals surface area contributed by atoms with Crippen molar-refractivity contribution in [2.75, 3.05) is 0 Å². The van der Waals surface area contributed by atoms with Gasteiger partial charge in [0.15, 0.2) is 0 Å². The summed E-state index contributed by atoms with van der Waals surface area (Å²) in [5.74, 6) is 0. The molecule has 2 aromatic rings. The van der Waals surface area contributed by atoms with E-state index in [0.717, 1.165) is 14.4 Å². The molecule has 1 aromatic heterocycles. The summed E-state index contributed by atoms with van der Waals surface area (Å²) in [4.78, 5) is 1.19. The van der Waals surface area contributed by atoms with Gasteiger partial charge in [-0.2, -0.15) is 0 Å². The van der Waals surface area contributed by atoms with Crippen molar-refractivity contribution in [1.82, 2.24) is 0 Å². The lowest BCUT2D eigenvalue weighted by Crippen LogP contribution is -1.69. The Morgan fingerprint density at radius 3 is 2.40 bits per heavy atom. The molecule has 0 saturated heterocycles. The normalized spacial score (nSPS) is 11.0. The van der Waals surface area contributed by atoms with Crippen LogP contribution in [0, 0.1) is 3.82 Å². The van der Waals surface area contributed by atoms with Crippen molar-refractivity contribution in [3.05, 3.63) is 49.6 Å². The van der Waals surface area contributed by atoms with Gasteiger partial charge in [0, 0.05) is 9.90 Å². The van der Waals surface area contributed by atoms with Gasteiger partial charge in [-0.05, 0) is 29.8 Å². The highest BCUT2D eigenvalue weighted by Crippen LogP contribution is 2.20. The minimum atomic E-state index is 0.762. The highest BCUT2D eigenvalue weighted by Gasteiger charge is 1.91. The summed E-state index contributed by atoms with van der Waals surface area (Å²) in [7, 11) is 3.32. The molecule has 0 fully saturated rings. The SMILES string of the molecule is S=c1cc(C=Cc2ccc(Cl)cc2)ss1. The summed E-state index contributed by atoms with van der Waals surface area (Å²) in [5, 5.41) is 0.762. The third-order valence-electron chi connectivity index (χ3n) is 1.79. The fourth-order valence-corrected chi connectivity index (χ4v) is 3.42. The molecule has 2 rings (SSSR count). The Bertz CT molecular complexity index is 519. The van der Waals surface area contributed by atoms with Crippen LogP contribution in [0.25, 0.3) is 12.2 Å². The van der Waals surface area contributed by atoms with Gasteiger partial charge in [0.25, 0.3) is 0 Å². The van der Waals surface area contributed by atoms with E-state index >= 15 is 0 Å². The molecule has 1 aromatic carbocycles. The Morgan fingerprint density at radius 1 is 1.07 bits per heavy atom. The summed E-state index contributed by atoms with van der Waals surface area (Å²) in [6.07, 6.45) is 4.13. The van der Waals surface area contributed by atoms with Crippen LogP contribution >= 0.6 is 44.5 Å². The molecule has 0 aliphatic heterocycles. The van der Waals surface area contributed by atoms with Gasteiger partial charge in [0.1, 0.15) is 3.82 Å². The van der Waals surface area contributed by atoms with Gasteiger partial charge in [-0.25, -0.2) is 0 Å². The molecule has 15 heavy (non-hydrogen) atoms. The van der Waals surface area contributed by atoms with Gasteiger partial charge >= 0.3 is 0 Å². The third kappa shape index (κ3) is 3.24. The molecule has 0 spiro atoms. The standard InChI is InChI=1S/C11H7ClS3/c12-9-4-1-8(2-5-9)3-6-10-7-11(13)15-14-10/h1-7H. The van der Waals surface area contributed by atoms with E-state index in [0.29, 0.717) is 0 Å². The molecular weight excluding hydrogens is 264 g/mol. The van der Waals surface area contributed by atoms with Crippen LogP contribution < -0.4 is 0 Å². The molecule has 0 N–H and O–H groups in total. The highest BCUT2D eigenvalue weighted by molar-refractivity contribution is 7.79. The molecule has 4 heteroatoms. The van der Waals surface area contributed by atoms with Crippen molar-refractivity contribution in [3.8, 4) is 0 Å². The third-order valence-corrected chi connectivity index (χ3v) is 4.90. The topological polar surface area (TPSA) is 0 Å². The lowest BCUT2D eigenvalue weighted by atomic mass is 10.2. The zero-order valence-corrected chi connectivity index (χ0v) is 10.8. The minimum absolute atomic E-state index is 0.762. The second-order valence-electron chi connectivity index (χ2n) is 2.92. The summed E-state index contributed by atoms with van der Waals surface area (Å²) >= 11 is 10.9. The molecule has 0 aliphatic carbocycles. The molecule has 0 atom stereocenters. The lowest BCUT2D eigenvalue weighted by Gasteiger charge is -1.92. The van der Waals surface area contributed by atoms with Crippen molar-refractivity contribution in [3.63, 3.8) is 0 Å². The van der Waals surface area contributed by atoms with Crippen molar-refractivity contribution in [1.29, 1.82) is 0 Å². The molecule has 1 heterocycles. The van der Waals surface area contributed by atoms with Gasteiger partial charge in [-0.3, -0.25) is 0 Å². The van der Waals surface area contributed by atoms with Crippen LogP contribution in [0.4, 0.5) is 0 Å². The fraction of sp³-hybridized carbons (Fsp3) is 0. The van der Waals surface area contributed by atoms with E-state index in [1.807, 2.05) is 30.3 Å². The number of hydrogen-bond donors (Lipinski definition) is 0. The van der Waals surface area contributed by atoms with E-state index in [-0.39, 0.29) is 0 Å². The monoisotopic (exact) mass is 270 g/mol. The first-order chi connectivity index (χ1) is 7.24. The number of hydrogen-bond acceptors (Lipinski definition) is 3. The second kappa shape index (κ2) is 5.03. The van der Waals surface area contributed by atoms with Crippen molar-refractivity contribution in [2.45, 2.75) is 0 Å². The molecule has 0 aliphatic rings. The Kier molecular flexibility index (Phi) is 3.70. The first kappa shape index (κ1) is 11.0. The molecule has 0 radical (unpaired) electrons. The van der Waals surface area contributed by atoms with Gasteiger partial charge in [0.2, 0.25) is 0 Å². The Labute approximate surface area is 106 Å². The quantitative estimate of drug-likeness (QED) is 0.523. The number of rotatable bonds is 2. The Morgan fingerprint density at radius 2 is 1.80 bits per heavy atom. The maximum Gasteiger partial charge on any atom is 0.102 e. The summed E-state index contributed by atoms with van der Waals surface area (Å²) in [6, 6.07) is 9.76. The van der Waals surface area contributed by atoms with Crippen LogP contribution in [0.3, 0.4) is 0 Å². The molecule has 0 saturated carbocycles. The number of benzene rings is 1. The van der Waals surface area contributed by atoms with E-state index in [4.69, 9.17) is 23.8 Å². The van der Waals surface area contributed by atoms with Crippen molar-refractivity contribution >= 4 is 56.7 Å². The molecule has 0 unspecified atom stereocenters. The van der Waals surface area contributed by atoms with Crippen molar-refractivity contribution < 1.29 is 0 Å². The average Bonchev–Trinajstić information content (AvgIpc) is 2.64. The van der Waals surface area contributed by atoms with Crippen molar-refractivity contribution in [2.24, 2.45) is 0 Å². The number of halogens is 1. The molecule has 0 nitrogen and oxygen atoms in total. The van der Waals surface area contributed by atoms with Crippen LogP contribution in [0.2, 0.25) is 5.02 Å². The van der Waals surface area contributed by atoms with Crippen LogP contribution in [0.1, 0.15) is 10.4 Å². The predicted octanol–water partition coefficient (Wildman–Crippen LogP) is 5.36. The largest absolute Gasteiger partial charge is 0.102 e. The molecular formula is C11H7ClS3. The minimum Gasteiger partial charge on any atom is -0.0843 e. The smallest absolute Gasteiger partial charge is 0.0843 e. The van der Waals surface area contributed by atoms with E-state index in [2.05, 4.69) is 12.2 Å². The zero-order valence-electron chi connectivity index (χ0n) is 7.64. The fourth-order valence-electron chi connectivity index (χ4n) is 1.08. The lowest BCUT2D eigenvalue weighted by molar-refractivity contribution is 1.66. The van der Waals surface area contributed by atoms with Gasteiger partial charge in [-0.15, -0.1) is 0 Å². The van der Waals surface area contributed by atoms with E-state index in [9.17, 15) is 0 Å². The first-order valence-electron chi connectivity index (χ1n) is 4.28. The average molecular weight is 271 g/mol. The second-order valence-corrected chi connectivity index (χ2v) is 6.30. The van der Waals surface area contributed by atoms with Gasteiger partial charge < -0.3 is 0 Å². The van der Waals surface area contributed by atoms with Crippen LogP contribution in [0.15, 0.2) is 30.3 Å². The molecule has 0 bridgehead atoms. The van der Waals surface area contributed by atoms with Gasteiger partial charge in [0.05, 0.1) is 0 Å². The maximum atomic E-state index is 5.80. The predicted molar refractivity (Wildman–Crippen MR) is 73.4 cm³/mol. The zero-order chi connectivity index (χ0) is 10.7. The summed E-state index contributed by atoms with van der Waals surface area (Å²) in [6.45, 7) is 0. The van der Waals surface area contributed by atoms with Crippen LogP contribution in [-0.4, -0.2) is 0 Å². The van der Waals surface area contributed by atoms with E-state index in [1.165, 1.54) is 4.88 Å². The first-order valence-corrected chi connectivity index (χ1v) is 7.21. The Hall–Kier alpha value is -0.480. The van der Waals surface area contributed by atoms with E-state index < -0.39 is 0 Å².